The molecule has 2 fully saturated rings. The molecule has 7 nitrogen and oxygen atoms in total. The molecule has 0 bridgehead atoms. The Bertz CT molecular complexity index is 1260. The van der Waals surface area contributed by atoms with Gasteiger partial charge in [-0.1, -0.05) is 23.7 Å². The van der Waals surface area contributed by atoms with Gasteiger partial charge in [-0.15, -0.1) is 0 Å². The lowest BCUT2D eigenvalue weighted by Crippen LogP contribution is -2.37. The van der Waals surface area contributed by atoms with Crippen LogP contribution in [-0.2, 0) is 19.2 Å². The maximum Gasteiger partial charge on any atom is 0.337 e. The Morgan fingerprint density at radius 2 is 1.53 bits per heavy atom. The summed E-state index contributed by atoms with van der Waals surface area (Å²) in [5, 5.41) is 2.03. The van der Waals surface area contributed by atoms with Crippen LogP contribution < -0.4 is 9.96 Å². The van der Waals surface area contributed by atoms with Crippen LogP contribution in [0.2, 0.25) is 5.02 Å². The average Bonchev–Trinajstić information content (AvgIpc) is 3.35. The minimum absolute atomic E-state index is 0.292. The van der Waals surface area contributed by atoms with E-state index in [9.17, 15) is 18.8 Å². The van der Waals surface area contributed by atoms with Crippen LogP contribution in [0.15, 0.2) is 72.8 Å². The van der Waals surface area contributed by atoms with Crippen LogP contribution in [0.4, 0.5) is 15.8 Å². The third-order valence-corrected chi connectivity index (χ3v) is 6.21. The van der Waals surface area contributed by atoms with Gasteiger partial charge in [0.25, 0.3) is 5.91 Å². The number of nitrogens with zero attached hydrogens (tertiary/aromatic N) is 2. The number of imide groups is 1. The zero-order chi connectivity index (χ0) is 24.0. The number of fused-ring (bicyclic) bond motifs is 1. The summed E-state index contributed by atoms with van der Waals surface area (Å²) in [7, 11) is 1.27. The summed E-state index contributed by atoms with van der Waals surface area (Å²) in [5.41, 5.74) is 1.83. The van der Waals surface area contributed by atoms with E-state index in [1.54, 1.807) is 36.4 Å². The number of rotatable bonds is 4. The molecule has 2 saturated heterocycles. The first-order chi connectivity index (χ1) is 16.4. The van der Waals surface area contributed by atoms with Crippen LogP contribution in [-0.4, -0.2) is 31.0 Å². The number of benzene rings is 3. The van der Waals surface area contributed by atoms with Crippen LogP contribution in [0.5, 0.6) is 0 Å². The number of anilines is 2. The molecule has 0 aliphatic carbocycles. The van der Waals surface area contributed by atoms with Gasteiger partial charge in [-0.05, 0) is 66.2 Å². The van der Waals surface area contributed by atoms with Gasteiger partial charge in [-0.3, -0.25) is 14.4 Å². The van der Waals surface area contributed by atoms with Crippen molar-refractivity contribution in [2.75, 3.05) is 17.1 Å². The van der Waals surface area contributed by atoms with Crippen LogP contribution in [0.1, 0.15) is 22.0 Å². The van der Waals surface area contributed by atoms with Gasteiger partial charge >= 0.3 is 5.97 Å². The van der Waals surface area contributed by atoms with E-state index in [4.69, 9.17) is 21.2 Å². The Labute approximate surface area is 199 Å². The molecule has 0 aromatic heterocycles. The zero-order valence-corrected chi connectivity index (χ0v) is 18.6. The molecule has 3 aromatic carbocycles. The minimum atomic E-state index is -1.07. The van der Waals surface area contributed by atoms with Crippen molar-refractivity contribution in [1.29, 1.82) is 0 Å². The molecule has 3 atom stereocenters. The molecule has 2 aliphatic heterocycles. The number of carbonyl (C=O) groups excluding carboxylic acids is 3. The van der Waals surface area contributed by atoms with E-state index in [0.717, 1.165) is 4.90 Å². The predicted octanol–water partition coefficient (Wildman–Crippen LogP) is 4.32. The third kappa shape index (κ3) is 3.61. The maximum absolute atomic E-state index is 13.6. The Morgan fingerprint density at radius 3 is 2.15 bits per heavy atom. The third-order valence-electron chi connectivity index (χ3n) is 5.95. The summed E-state index contributed by atoms with van der Waals surface area (Å²) in [6, 6.07) is 17.8. The van der Waals surface area contributed by atoms with E-state index in [1.165, 1.54) is 48.6 Å². The Morgan fingerprint density at radius 1 is 0.912 bits per heavy atom. The molecule has 0 unspecified atom stereocenters. The highest BCUT2D eigenvalue weighted by molar-refractivity contribution is 6.30. The van der Waals surface area contributed by atoms with Gasteiger partial charge in [0, 0.05) is 5.02 Å². The van der Waals surface area contributed by atoms with Crippen LogP contribution in [0, 0.1) is 11.7 Å². The topological polar surface area (TPSA) is 76.2 Å². The molecule has 5 rings (SSSR count). The smallest absolute Gasteiger partial charge is 0.337 e. The van der Waals surface area contributed by atoms with Crippen molar-refractivity contribution in [2.45, 2.75) is 12.1 Å². The standard InChI is InChI=1S/C25H18ClFN2O5/c1-33-25(32)15-4-10-18(11-5-15)28-23(30)20-21(14-2-8-17(27)9-3-14)29(34-22(20)24(28)31)19-12-6-16(26)7-13-19/h2-13,20-22H,1H3/t20-,21+,22-/m0/s1. The number of methoxy groups -OCH3 is 1. The van der Waals surface area contributed by atoms with Gasteiger partial charge in [-0.2, -0.15) is 0 Å². The quantitative estimate of drug-likeness (QED) is 0.409. The lowest BCUT2D eigenvalue weighted by atomic mass is 9.90. The second-order valence-corrected chi connectivity index (χ2v) is 8.34. The van der Waals surface area contributed by atoms with Gasteiger partial charge < -0.3 is 4.74 Å². The molecule has 0 spiro atoms. The van der Waals surface area contributed by atoms with Crippen LogP contribution in [0.3, 0.4) is 0 Å². The van der Waals surface area contributed by atoms with Gasteiger partial charge in [0.1, 0.15) is 11.7 Å². The second-order valence-electron chi connectivity index (χ2n) is 7.90. The first-order valence-corrected chi connectivity index (χ1v) is 10.8. The first-order valence-electron chi connectivity index (χ1n) is 10.4. The van der Waals surface area contributed by atoms with E-state index in [1.807, 2.05) is 0 Å². The lowest BCUT2D eigenvalue weighted by molar-refractivity contribution is -0.126. The van der Waals surface area contributed by atoms with Crippen molar-refractivity contribution in [2.24, 2.45) is 5.92 Å². The number of hydrogen-bond donors (Lipinski definition) is 0. The van der Waals surface area contributed by atoms with Gasteiger partial charge in [0.05, 0.1) is 30.1 Å². The van der Waals surface area contributed by atoms with Crippen molar-refractivity contribution in [1.82, 2.24) is 0 Å². The predicted molar refractivity (Wildman–Crippen MR) is 122 cm³/mol. The molecule has 3 aromatic rings. The lowest BCUT2D eigenvalue weighted by Gasteiger charge is -2.28. The number of amides is 2. The Balaban J connectivity index is 1.53. The normalized spacial score (nSPS) is 21.7. The summed E-state index contributed by atoms with van der Waals surface area (Å²) in [4.78, 5) is 45.7. The van der Waals surface area contributed by atoms with E-state index in [-0.39, 0.29) is 0 Å². The SMILES string of the molecule is COC(=O)c1ccc(N2C(=O)[C@@H]3[C@H](ON(c4ccc(Cl)cc4)[C@@H]3c3ccc(F)cc3)C2=O)cc1. The van der Waals surface area contributed by atoms with Gasteiger partial charge in [-0.25, -0.2) is 19.1 Å². The average molecular weight is 481 g/mol. The number of esters is 1. The first kappa shape index (κ1) is 22.1. The molecule has 0 saturated carbocycles. The summed E-state index contributed by atoms with van der Waals surface area (Å²) < 4.78 is 18.3. The van der Waals surface area contributed by atoms with Crippen LogP contribution in [0.25, 0.3) is 0 Å². The fourth-order valence-electron chi connectivity index (χ4n) is 4.34. The number of carbonyl (C=O) groups is 3. The van der Waals surface area contributed by atoms with E-state index >= 15 is 0 Å². The monoisotopic (exact) mass is 480 g/mol. The fourth-order valence-corrected chi connectivity index (χ4v) is 4.47. The molecule has 2 aliphatic rings. The molecular weight excluding hydrogens is 463 g/mol. The highest BCUT2D eigenvalue weighted by atomic mass is 35.5. The van der Waals surface area contributed by atoms with Crippen molar-refractivity contribution in [3.63, 3.8) is 0 Å². The van der Waals surface area contributed by atoms with Crippen molar-refractivity contribution in [3.05, 3.63) is 94.8 Å². The highest BCUT2D eigenvalue weighted by Gasteiger charge is 2.60. The second kappa shape index (κ2) is 8.55. The minimum Gasteiger partial charge on any atom is -0.465 e. The molecular formula is C25H18ClFN2O5. The summed E-state index contributed by atoms with van der Waals surface area (Å²) >= 11 is 6.01. The van der Waals surface area contributed by atoms with E-state index in [0.29, 0.717) is 27.5 Å². The van der Waals surface area contributed by atoms with Gasteiger partial charge in [0.15, 0.2) is 6.10 Å². The highest BCUT2D eigenvalue weighted by Crippen LogP contribution is 2.47. The molecule has 172 valence electrons. The summed E-state index contributed by atoms with van der Waals surface area (Å²) in [6.07, 6.45) is -1.07. The largest absolute Gasteiger partial charge is 0.465 e. The Hall–Kier alpha value is -3.75. The molecule has 2 heterocycles. The maximum atomic E-state index is 13.6. The Kier molecular flexibility index (Phi) is 5.55. The fraction of sp³-hybridized carbons (Fsp3) is 0.160. The number of hydroxylamine groups is 1. The number of hydrogen-bond acceptors (Lipinski definition) is 6. The summed E-state index contributed by atoms with van der Waals surface area (Å²) in [5.74, 6) is -2.79. The molecule has 2 amide bonds. The van der Waals surface area contributed by atoms with Gasteiger partial charge in [0.2, 0.25) is 5.91 Å². The van der Waals surface area contributed by atoms with Crippen molar-refractivity contribution < 1.29 is 28.3 Å². The van der Waals surface area contributed by atoms with Crippen LogP contribution >= 0.6 is 11.6 Å². The molecule has 9 heteroatoms. The molecule has 0 radical (unpaired) electrons. The van der Waals surface area contributed by atoms with E-state index in [2.05, 4.69) is 0 Å². The summed E-state index contributed by atoms with van der Waals surface area (Å²) in [6.45, 7) is 0. The van der Waals surface area contributed by atoms with Crippen molar-refractivity contribution in [3.8, 4) is 0 Å². The molecule has 0 N–H and O–H groups in total. The zero-order valence-electron chi connectivity index (χ0n) is 17.9. The van der Waals surface area contributed by atoms with E-state index < -0.39 is 41.7 Å². The molecule has 34 heavy (non-hydrogen) atoms. The van der Waals surface area contributed by atoms with Crippen molar-refractivity contribution >= 4 is 40.8 Å². The number of halogens is 2. The number of ether oxygens (including phenoxy) is 1.